The molecule has 0 aliphatic heterocycles. The van der Waals surface area contributed by atoms with E-state index in [1.54, 1.807) is 0 Å². The molecule has 10 heavy (non-hydrogen) atoms. The van der Waals surface area contributed by atoms with Crippen LogP contribution in [0.2, 0.25) is 0 Å². The average Bonchev–Trinajstić information content (AvgIpc) is 1.60. The van der Waals surface area contributed by atoms with Crippen molar-refractivity contribution in [1.29, 1.82) is 0 Å². The number of rotatable bonds is 2. The molecule has 0 aliphatic rings. The predicted molar refractivity (Wildman–Crippen MR) is 66.3 cm³/mol. The van der Waals surface area contributed by atoms with Crippen LogP contribution in [0.1, 0.15) is 0 Å². The first-order valence-corrected chi connectivity index (χ1v) is 5.41. The third-order valence-electron chi connectivity index (χ3n) is 0.625. The molecule has 0 radical (unpaired) electrons. The van der Waals surface area contributed by atoms with Gasteiger partial charge in [0.15, 0.2) is -0.565 Å². The van der Waals surface area contributed by atoms with Crippen LogP contribution in [0.15, 0.2) is 11.8 Å². The molecule has 0 unspecified atom stereocenters. The van der Waals surface area contributed by atoms with Gasteiger partial charge in [-0.05, 0) is 67.8 Å². The van der Waals surface area contributed by atoms with Crippen molar-refractivity contribution < 1.29 is 4.79 Å². The summed E-state index contributed by atoms with van der Waals surface area (Å²) in [7, 11) is 0. The Kier molecular flexibility index (Phi) is 4.80. The molecule has 0 heterocycles. The van der Waals surface area contributed by atoms with Gasteiger partial charge in [0.1, 0.15) is 0 Å². The molecular weight excluding hydrogens is 473 g/mol. The summed E-state index contributed by atoms with van der Waals surface area (Å²) in [5.74, 6) is -0.508. The van der Waals surface area contributed by atoms with Crippen molar-refractivity contribution in [3.63, 3.8) is 0 Å². The summed E-state index contributed by atoms with van der Waals surface area (Å²) in [5, 5.41) is 0. The SMILES string of the molecule is NC(=O)C=C(N)C(I)(I)I. The van der Waals surface area contributed by atoms with E-state index in [9.17, 15) is 4.79 Å². The first-order valence-electron chi connectivity index (χ1n) is 2.18. The van der Waals surface area contributed by atoms with Gasteiger partial charge in [0.05, 0.1) is 0 Å². The molecule has 6 heteroatoms. The zero-order valence-electron chi connectivity index (χ0n) is 4.77. The van der Waals surface area contributed by atoms with Gasteiger partial charge in [-0.3, -0.25) is 4.79 Å². The number of hydrogen-bond donors (Lipinski definition) is 2. The van der Waals surface area contributed by atoms with E-state index in [1.807, 2.05) is 0 Å². The Hall–Kier alpha value is 1.20. The van der Waals surface area contributed by atoms with Crippen molar-refractivity contribution in [3.05, 3.63) is 11.8 Å². The van der Waals surface area contributed by atoms with Crippen molar-refractivity contribution in [1.82, 2.24) is 0 Å². The lowest BCUT2D eigenvalue weighted by molar-refractivity contribution is -0.113. The molecule has 3 nitrogen and oxygen atoms in total. The molecule has 0 saturated carbocycles. The first kappa shape index (κ1) is 11.2. The molecule has 0 aliphatic carbocycles. The summed E-state index contributed by atoms with van der Waals surface area (Å²) in [5.41, 5.74) is 10.8. The largest absolute Gasteiger partial charge is 0.399 e. The third-order valence-corrected chi connectivity index (χ3v) is 2.49. The molecule has 0 aromatic carbocycles. The van der Waals surface area contributed by atoms with Crippen LogP contribution in [0.25, 0.3) is 0 Å². The standard InChI is InChI=1S/C4H5I3N2O/c5-4(6,7)2(8)1-3(9)10/h1H,8H2,(H2,9,10). The summed E-state index contributed by atoms with van der Waals surface area (Å²) in [6.45, 7) is 0. The highest BCUT2D eigenvalue weighted by Gasteiger charge is 2.20. The molecule has 4 N–H and O–H groups in total. The van der Waals surface area contributed by atoms with Crippen molar-refractivity contribution in [3.8, 4) is 0 Å². The van der Waals surface area contributed by atoms with E-state index in [4.69, 9.17) is 11.5 Å². The zero-order valence-corrected chi connectivity index (χ0v) is 11.2. The Morgan fingerprint density at radius 3 is 1.80 bits per heavy atom. The number of carbonyl (C=O) groups excluding carboxylic acids is 1. The lowest BCUT2D eigenvalue weighted by Crippen LogP contribution is -2.18. The number of halogens is 3. The van der Waals surface area contributed by atoms with E-state index >= 15 is 0 Å². The van der Waals surface area contributed by atoms with E-state index in [2.05, 4.69) is 67.8 Å². The van der Waals surface area contributed by atoms with Gasteiger partial charge in [-0.2, -0.15) is 0 Å². The quantitative estimate of drug-likeness (QED) is 0.357. The molecule has 0 bridgehead atoms. The topological polar surface area (TPSA) is 69.1 Å². The van der Waals surface area contributed by atoms with Gasteiger partial charge < -0.3 is 11.5 Å². The van der Waals surface area contributed by atoms with Gasteiger partial charge >= 0.3 is 0 Å². The van der Waals surface area contributed by atoms with Crippen LogP contribution in [0, 0.1) is 0 Å². The highest BCUT2D eigenvalue weighted by Crippen LogP contribution is 2.39. The molecule has 0 aromatic rings. The molecule has 0 aromatic heterocycles. The smallest absolute Gasteiger partial charge is 0.243 e. The number of allylic oxidation sites excluding steroid dienone is 1. The van der Waals surface area contributed by atoms with E-state index in [1.165, 1.54) is 6.08 Å². The molecule has 0 fully saturated rings. The maximum Gasteiger partial charge on any atom is 0.243 e. The average molecular weight is 478 g/mol. The second-order valence-electron chi connectivity index (χ2n) is 1.50. The number of alkyl halides is 3. The number of amides is 1. The fraction of sp³-hybridized carbons (Fsp3) is 0.250. The summed E-state index contributed by atoms with van der Waals surface area (Å²) in [4.78, 5) is 10.3. The lowest BCUT2D eigenvalue weighted by Gasteiger charge is -2.11. The van der Waals surface area contributed by atoms with Crippen LogP contribution in [-0.2, 0) is 4.79 Å². The number of hydrogen-bond acceptors (Lipinski definition) is 2. The monoisotopic (exact) mass is 478 g/mol. The van der Waals surface area contributed by atoms with E-state index in [-0.39, 0.29) is -0.565 Å². The fourth-order valence-corrected chi connectivity index (χ4v) is 0.702. The van der Waals surface area contributed by atoms with Gasteiger partial charge in [-0.1, -0.05) is 0 Å². The summed E-state index contributed by atoms with van der Waals surface area (Å²) in [6.07, 6.45) is 1.23. The second-order valence-corrected chi connectivity index (χ2v) is 12.5. The van der Waals surface area contributed by atoms with Gasteiger partial charge in [-0.15, -0.1) is 0 Å². The van der Waals surface area contributed by atoms with Crippen LogP contribution in [0.4, 0.5) is 0 Å². The second kappa shape index (κ2) is 4.28. The van der Waals surface area contributed by atoms with Crippen molar-refractivity contribution in [2.45, 2.75) is -0.565 Å². The highest BCUT2D eigenvalue weighted by molar-refractivity contribution is 14.3. The van der Waals surface area contributed by atoms with Gasteiger partial charge in [0.25, 0.3) is 0 Å². The molecule has 58 valence electrons. The summed E-state index contributed by atoms with van der Waals surface area (Å²) in [6, 6.07) is 0. The summed E-state index contributed by atoms with van der Waals surface area (Å²) >= 11 is 6.32. The van der Waals surface area contributed by atoms with Crippen LogP contribution >= 0.6 is 67.8 Å². The van der Waals surface area contributed by atoms with E-state index in [0.29, 0.717) is 5.70 Å². The Labute approximate surface area is 99.8 Å². The maximum absolute atomic E-state index is 10.3. The molecule has 0 saturated heterocycles. The minimum absolute atomic E-state index is 0.262. The van der Waals surface area contributed by atoms with Crippen molar-refractivity contribution in [2.24, 2.45) is 11.5 Å². The summed E-state index contributed by atoms with van der Waals surface area (Å²) < 4.78 is -0.262. The number of nitrogens with two attached hydrogens (primary N) is 2. The third kappa shape index (κ3) is 4.93. The first-order chi connectivity index (χ1) is 4.34. The van der Waals surface area contributed by atoms with E-state index in [0.717, 1.165) is 0 Å². The van der Waals surface area contributed by atoms with Crippen LogP contribution < -0.4 is 11.5 Å². The normalized spacial score (nSPS) is 13.3. The van der Waals surface area contributed by atoms with Crippen LogP contribution in [0.3, 0.4) is 0 Å². The Balaban J connectivity index is 4.35. The van der Waals surface area contributed by atoms with Gasteiger partial charge in [-0.25, -0.2) is 0 Å². The van der Waals surface area contributed by atoms with Crippen LogP contribution in [0.5, 0.6) is 0 Å². The maximum atomic E-state index is 10.3. The van der Waals surface area contributed by atoms with Crippen LogP contribution in [-0.4, -0.2) is 5.34 Å². The van der Waals surface area contributed by atoms with Crippen molar-refractivity contribution >= 4 is 73.7 Å². The minimum Gasteiger partial charge on any atom is -0.399 e. The Morgan fingerprint density at radius 2 is 1.70 bits per heavy atom. The molecular formula is C4H5I3N2O. The van der Waals surface area contributed by atoms with Gasteiger partial charge in [0.2, 0.25) is 5.91 Å². The van der Waals surface area contributed by atoms with Gasteiger partial charge in [0, 0.05) is 11.8 Å². The molecule has 1 amide bonds. The molecule has 0 atom stereocenters. The van der Waals surface area contributed by atoms with Crippen molar-refractivity contribution in [2.75, 3.05) is 0 Å². The predicted octanol–water partition coefficient (Wildman–Crippen LogP) is 1.27. The molecule has 0 spiro atoms. The fourth-order valence-electron chi connectivity index (χ4n) is 0.235. The van der Waals surface area contributed by atoms with E-state index < -0.39 is 5.91 Å². The lowest BCUT2D eigenvalue weighted by atomic mass is 10.4. The minimum atomic E-state index is -0.508. The zero-order chi connectivity index (χ0) is 8.36. The Bertz CT molecular complexity index is 172. The highest BCUT2D eigenvalue weighted by atomic mass is 127. The molecule has 0 rings (SSSR count). The Morgan fingerprint density at radius 1 is 1.30 bits per heavy atom. The number of carbonyl (C=O) groups is 1. The number of primary amides is 1.